The van der Waals surface area contributed by atoms with E-state index in [0.717, 1.165) is 25.9 Å². The third kappa shape index (κ3) is 3.87. The molecule has 2 aliphatic rings. The maximum absolute atomic E-state index is 13.2. The molecule has 0 aliphatic carbocycles. The number of benzene rings is 1. The molecule has 0 unspecified atom stereocenters. The molecule has 0 atom stereocenters. The Balaban J connectivity index is 1.38. The number of aromatic nitrogens is 2. The van der Waals surface area contributed by atoms with E-state index in [0.29, 0.717) is 24.7 Å². The quantitative estimate of drug-likeness (QED) is 0.865. The minimum atomic E-state index is -0.546. The molecule has 2 aliphatic heterocycles. The van der Waals surface area contributed by atoms with Gasteiger partial charge in [0.25, 0.3) is 5.91 Å². The van der Waals surface area contributed by atoms with Gasteiger partial charge in [0.15, 0.2) is 17.3 Å². The van der Waals surface area contributed by atoms with E-state index in [2.05, 4.69) is 20.4 Å². The molecule has 2 saturated heterocycles. The summed E-state index contributed by atoms with van der Waals surface area (Å²) < 4.78 is 24.6. The van der Waals surface area contributed by atoms with Gasteiger partial charge in [-0.3, -0.25) is 4.79 Å². The molecule has 3 heterocycles. The third-order valence-corrected chi connectivity index (χ3v) is 5.01. The first-order valence-electron chi connectivity index (χ1n) is 8.68. The number of nitrogens with one attached hydrogen (secondary N) is 1. The number of anilines is 2. The average molecular weight is 393 g/mol. The minimum Gasteiger partial charge on any atom is -0.355 e. The first-order chi connectivity index (χ1) is 13.0. The molecule has 0 saturated carbocycles. The van der Waals surface area contributed by atoms with E-state index >= 15 is 0 Å². The van der Waals surface area contributed by atoms with Crippen LogP contribution in [0.1, 0.15) is 23.3 Å². The van der Waals surface area contributed by atoms with Gasteiger partial charge in [-0.2, -0.15) is 0 Å². The Hall–Kier alpha value is -2.29. The van der Waals surface area contributed by atoms with Gasteiger partial charge in [0.05, 0.1) is 18.2 Å². The van der Waals surface area contributed by atoms with Crippen LogP contribution in [0.25, 0.3) is 0 Å². The van der Waals surface area contributed by atoms with Crippen molar-refractivity contribution in [1.29, 1.82) is 0 Å². The van der Waals surface area contributed by atoms with Crippen molar-refractivity contribution in [3.63, 3.8) is 0 Å². The van der Waals surface area contributed by atoms with Crippen LogP contribution in [-0.4, -0.2) is 48.2 Å². The highest BCUT2D eigenvalue weighted by Gasteiger charge is 2.40. The van der Waals surface area contributed by atoms with Gasteiger partial charge in [0, 0.05) is 31.6 Å². The van der Waals surface area contributed by atoms with Crippen LogP contribution in [0, 0.1) is 5.82 Å². The third-order valence-electron chi connectivity index (χ3n) is 4.72. The summed E-state index contributed by atoms with van der Waals surface area (Å²) in [4.78, 5) is 14.4. The second-order valence-electron chi connectivity index (χ2n) is 6.45. The van der Waals surface area contributed by atoms with Gasteiger partial charge in [0.2, 0.25) is 0 Å². The standard InChI is InChI=1S/C18H18ClFN4O3/c19-13-11-12(1-2-14(13)20)21-17(25)15-3-4-16(23-22-15)24-7-5-18(6-8-24)26-9-10-27-18/h1-4,11H,5-10H2,(H,21,25). The van der Waals surface area contributed by atoms with E-state index in [1.54, 1.807) is 12.1 Å². The Morgan fingerprint density at radius 1 is 1.15 bits per heavy atom. The van der Waals surface area contributed by atoms with Gasteiger partial charge in [-0.25, -0.2) is 4.39 Å². The fourth-order valence-corrected chi connectivity index (χ4v) is 3.43. The lowest BCUT2D eigenvalue weighted by molar-refractivity contribution is -0.169. The van der Waals surface area contributed by atoms with Crippen LogP contribution < -0.4 is 10.2 Å². The summed E-state index contributed by atoms with van der Waals surface area (Å²) in [6.07, 6.45) is 1.53. The second kappa shape index (κ2) is 7.38. The Morgan fingerprint density at radius 2 is 1.89 bits per heavy atom. The lowest BCUT2D eigenvalue weighted by Gasteiger charge is -2.37. The Bertz CT molecular complexity index is 833. The number of hydrogen-bond donors (Lipinski definition) is 1. The number of hydrogen-bond acceptors (Lipinski definition) is 6. The fraction of sp³-hybridized carbons (Fsp3) is 0.389. The molecule has 0 bridgehead atoms. The van der Waals surface area contributed by atoms with Crippen LogP contribution >= 0.6 is 11.6 Å². The SMILES string of the molecule is O=C(Nc1ccc(F)c(Cl)c1)c1ccc(N2CCC3(CC2)OCCO3)nn1. The highest BCUT2D eigenvalue weighted by Crippen LogP contribution is 2.32. The van der Waals surface area contributed by atoms with Crippen molar-refractivity contribution in [1.82, 2.24) is 10.2 Å². The summed E-state index contributed by atoms with van der Waals surface area (Å²) in [6, 6.07) is 7.32. The van der Waals surface area contributed by atoms with E-state index in [1.165, 1.54) is 18.2 Å². The second-order valence-corrected chi connectivity index (χ2v) is 6.86. The zero-order chi connectivity index (χ0) is 18.9. The topological polar surface area (TPSA) is 76.6 Å². The number of carbonyl (C=O) groups excluding carboxylic acids is 1. The lowest BCUT2D eigenvalue weighted by atomic mass is 10.0. The molecule has 0 radical (unpaired) electrons. The molecule has 1 aromatic carbocycles. The van der Waals surface area contributed by atoms with Gasteiger partial charge in [-0.15, -0.1) is 10.2 Å². The first-order valence-corrected chi connectivity index (χ1v) is 9.05. The van der Waals surface area contributed by atoms with E-state index in [-0.39, 0.29) is 10.7 Å². The maximum atomic E-state index is 13.2. The highest BCUT2D eigenvalue weighted by atomic mass is 35.5. The summed E-state index contributed by atoms with van der Waals surface area (Å²) in [6.45, 7) is 2.77. The fourth-order valence-electron chi connectivity index (χ4n) is 3.25. The molecule has 1 aromatic heterocycles. The van der Waals surface area contributed by atoms with Crippen LogP contribution in [0.3, 0.4) is 0 Å². The Morgan fingerprint density at radius 3 is 2.52 bits per heavy atom. The molecule has 1 spiro atoms. The number of carbonyl (C=O) groups is 1. The van der Waals surface area contributed by atoms with E-state index in [4.69, 9.17) is 21.1 Å². The van der Waals surface area contributed by atoms with Crippen molar-refractivity contribution in [2.75, 3.05) is 36.5 Å². The van der Waals surface area contributed by atoms with Crippen LogP contribution in [0.5, 0.6) is 0 Å². The van der Waals surface area contributed by atoms with E-state index < -0.39 is 17.5 Å². The monoisotopic (exact) mass is 392 g/mol. The molecular weight excluding hydrogens is 375 g/mol. The molecule has 2 fully saturated rings. The number of halogens is 2. The Kier molecular flexibility index (Phi) is 4.94. The average Bonchev–Trinajstić information content (AvgIpc) is 3.13. The van der Waals surface area contributed by atoms with Crippen LogP contribution in [0.15, 0.2) is 30.3 Å². The number of amides is 1. The predicted octanol–water partition coefficient (Wildman–Crippen LogP) is 2.86. The smallest absolute Gasteiger partial charge is 0.276 e. The summed E-state index contributed by atoms with van der Waals surface area (Å²) in [5, 5.41) is 10.7. The number of rotatable bonds is 3. The van der Waals surface area contributed by atoms with Crippen molar-refractivity contribution in [2.45, 2.75) is 18.6 Å². The van der Waals surface area contributed by atoms with Crippen molar-refractivity contribution >= 4 is 29.0 Å². The van der Waals surface area contributed by atoms with Crippen LogP contribution in [-0.2, 0) is 9.47 Å². The molecule has 9 heteroatoms. The zero-order valence-electron chi connectivity index (χ0n) is 14.5. The van der Waals surface area contributed by atoms with Crippen molar-refractivity contribution in [3.05, 3.63) is 46.9 Å². The van der Waals surface area contributed by atoms with Crippen molar-refractivity contribution in [3.8, 4) is 0 Å². The zero-order valence-corrected chi connectivity index (χ0v) is 15.2. The maximum Gasteiger partial charge on any atom is 0.276 e. The lowest BCUT2D eigenvalue weighted by Crippen LogP contribution is -2.45. The van der Waals surface area contributed by atoms with Gasteiger partial charge in [-0.05, 0) is 30.3 Å². The van der Waals surface area contributed by atoms with Crippen LogP contribution in [0.2, 0.25) is 5.02 Å². The minimum absolute atomic E-state index is 0.0627. The molecule has 27 heavy (non-hydrogen) atoms. The number of ether oxygens (including phenoxy) is 2. The summed E-state index contributed by atoms with van der Waals surface area (Å²) >= 11 is 5.72. The van der Waals surface area contributed by atoms with E-state index in [1.807, 2.05) is 0 Å². The van der Waals surface area contributed by atoms with Crippen molar-refractivity contribution < 1.29 is 18.7 Å². The van der Waals surface area contributed by atoms with Crippen LogP contribution in [0.4, 0.5) is 15.9 Å². The predicted molar refractivity (Wildman–Crippen MR) is 97.5 cm³/mol. The summed E-state index contributed by atoms with van der Waals surface area (Å²) in [5.41, 5.74) is 0.547. The van der Waals surface area contributed by atoms with E-state index in [9.17, 15) is 9.18 Å². The highest BCUT2D eigenvalue weighted by molar-refractivity contribution is 6.31. The van der Waals surface area contributed by atoms with Crippen molar-refractivity contribution in [2.24, 2.45) is 0 Å². The van der Waals surface area contributed by atoms with Gasteiger partial charge in [-0.1, -0.05) is 11.6 Å². The number of nitrogens with zero attached hydrogens (tertiary/aromatic N) is 3. The Labute approximate surface area is 160 Å². The summed E-state index contributed by atoms with van der Waals surface area (Å²) in [5.74, 6) is -0.734. The molecule has 1 N–H and O–H groups in total. The molecule has 2 aromatic rings. The van der Waals surface area contributed by atoms with Gasteiger partial charge < -0.3 is 19.7 Å². The molecule has 7 nitrogen and oxygen atoms in total. The molecular formula is C18H18ClFN4O3. The molecule has 4 rings (SSSR count). The molecule has 142 valence electrons. The normalized spacial score (nSPS) is 18.7. The summed E-state index contributed by atoms with van der Waals surface area (Å²) in [7, 11) is 0. The van der Waals surface area contributed by atoms with Gasteiger partial charge in [0.1, 0.15) is 5.82 Å². The van der Waals surface area contributed by atoms with Gasteiger partial charge >= 0.3 is 0 Å². The molecule has 1 amide bonds. The number of piperidine rings is 1. The first kappa shape index (κ1) is 18.1. The largest absolute Gasteiger partial charge is 0.355 e.